The number of benzene rings is 2. The number of anilines is 2. The van der Waals surface area contributed by atoms with Crippen molar-refractivity contribution < 1.29 is 14.4 Å². The van der Waals surface area contributed by atoms with Gasteiger partial charge in [0.15, 0.2) is 0 Å². The van der Waals surface area contributed by atoms with Crippen LogP contribution in [0.5, 0.6) is 0 Å². The molecule has 34 heavy (non-hydrogen) atoms. The second kappa shape index (κ2) is 12.7. The molecule has 2 aromatic carbocycles. The summed E-state index contributed by atoms with van der Waals surface area (Å²) < 4.78 is 0. The first-order chi connectivity index (χ1) is 16.5. The van der Waals surface area contributed by atoms with Gasteiger partial charge in [-0.3, -0.25) is 14.5 Å². The number of hydrogen-bond donors (Lipinski definition) is 3. The summed E-state index contributed by atoms with van der Waals surface area (Å²) in [5.74, 6) is -0.176. The molecular formula is C26H35N5O3. The minimum Gasteiger partial charge on any atom is -0.339 e. The Labute approximate surface area is 201 Å². The van der Waals surface area contributed by atoms with E-state index in [1.165, 1.54) is 0 Å². The zero-order valence-corrected chi connectivity index (χ0v) is 20.0. The van der Waals surface area contributed by atoms with Crippen molar-refractivity contribution >= 4 is 29.2 Å². The molecule has 0 aliphatic carbocycles. The first-order valence-electron chi connectivity index (χ1n) is 12.0. The van der Waals surface area contributed by atoms with E-state index < -0.39 is 0 Å². The average molecular weight is 466 g/mol. The van der Waals surface area contributed by atoms with Crippen LogP contribution in [0.3, 0.4) is 0 Å². The van der Waals surface area contributed by atoms with Gasteiger partial charge in [-0.25, -0.2) is 4.79 Å². The van der Waals surface area contributed by atoms with Gasteiger partial charge in [0.25, 0.3) is 5.91 Å². The van der Waals surface area contributed by atoms with Crippen LogP contribution in [0, 0.1) is 0 Å². The number of nitrogens with zero attached hydrogens (tertiary/aromatic N) is 2. The van der Waals surface area contributed by atoms with Gasteiger partial charge in [-0.15, -0.1) is 0 Å². The van der Waals surface area contributed by atoms with E-state index in [-0.39, 0.29) is 30.4 Å². The van der Waals surface area contributed by atoms with E-state index in [0.717, 1.165) is 31.5 Å². The Morgan fingerprint density at radius 3 is 2.41 bits per heavy atom. The minimum absolute atomic E-state index is 0.0444. The third-order valence-corrected chi connectivity index (χ3v) is 6.07. The van der Waals surface area contributed by atoms with Gasteiger partial charge >= 0.3 is 6.03 Å². The maximum absolute atomic E-state index is 12.8. The predicted octanol–water partition coefficient (Wildman–Crippen LogP) is 3.78. The van der Waals surface area contributed by atoms with Gasteiger partial charge in [-0.1, -0.05) is 30.7 Å². The monoisotopic (exact) mass is 465 g/mol. The van der Waals surface area contributed by atoms with Crippen molar-refractivity contribution in [3.05, 3.63) is 60.2 Å². The molecule has 3 rings (SSSR count). The second-order valence-electron chi connectivity index (χ2n) is 8.43. The van der Waals surface area contributed by atoms with Crippen LogP contribution in [0.4, 0.5) is 16.2 Å². The molecule has 8 nitrogen and oxygen atoms in total. The first kappa shape index (κ1) is 25.2. The van der Waals surface area contributed by atoms with Gasteiger partial charge in [-0.2, -0.15) is 0 Å². The highest BCUT2D eigenvalue weighted by Gasteiger charge is 2.25. The number of rotatable bonds is 9. The Balaban J connectivity index is 1.53. The topological polar surface area (TPSA) is 93.8 Å². The highest BCUT2D eigenvalue weighted by molar-refractivity contribution is 5.97. The maximum atomic E-state index is 12.8. The molecule has 0 spiro atoms. The summed E-state index contributed by atoms with van der Waals surface area (Å²) in [5.41, 5.74) is 1.91. The van der Waals surface area contributed by atoms with Crippen LogP contribution in [0.1, 0.15) is 43.5 Å². The standard InChI is InChI=1S/C26H35N5O3/c1-3-30(4-2)25(33)20-11-10-14-22(17-20)28-24(32)19-31-16-9-8-15-23(31)18-27-26(34)29-21-12-6-5-7-13-21/h5-7,10-14,17,23H,3-4,8-9,15-16,18-19H2,1-2H3,(H,28,32)(H2,27,29,34). The maximum Gasteiger partial charge on any atom is 0.319 e. The molecule has 182 valence electrons. The molecule has 0 aromatic heterocycles. The Morgan fingerprint density at radius 1 is 0.941 bits per heavy atom. The number of nitrogens with one attached hydrogen (secondary N) is 3. The lowest BCUT2D eigenvalue weighted by Gasteiger charge is -2.35. The van der Waals surface area contributed by atoms with Gasteiger partial charge in [0, 0.05) is 42.6 Å². The summed E-state index contributed by atoms with van der Waals surface area (Å²) in [6, 6.07) is 16.2. The lowest BCUT2D eigenvalue weighted by Crippen LogP contribution is -2.49. The van der Waals surface area contributed by atoms with E-state index in [1.807, 2.05) is 44.2 Å². The first-order valence-corrected chi connectivity index (χ1v) is 12.0. The number of amides is 4. The second-order valence-corrected chi connectivity index (χ2v) is 8.43. The number of piperidine rings is 1. The molecule has 8 heteroatoms. The van der Waals surface area contributed by atoms with Crippen molar-refractivity contribution in [3.8, 4) is 0 Å². The van der Waals surface area contributed by atoms with Crippen LogP contribution in [0.15, 0.2) is 54.6 Å². The Hall–Kier alpha value is -3.39. The molecule has 1 heterocycles. The average Bonchev–Trinajstić information content (AvgIpc) is 2.85. The number of hydrogen-bond acceptors (Lipinski definition) is 4. The van der Waals surface area contributed by atoms with Gasteiger partial charge < -0.3 is 20.9 Å². The summed E-state index contributed by atoms with van der Waals surface area (Å²) in [4.78, 5) is 41.5. The quantitative estimate of drug-likeness (QED) is 0.525. The SMILES string of the molecule is CCN(CC)C(=O)c1cccc(NC(=O)CN2CCCCC2CNC(=O)Nc2ccccc2)c1. The third kappa shape index (κ3) is 7.31. The Kier molecular flexibility index (Phi) is 9.46. The smallest absolute Gasteiger partial charge is 0.319 e. The molecule has 0 radical (unpaired) electrons. The van der Waals surface area contributed by atoms with Crippen molar-refractivity contribution in [2.24, 2.45) is 0 Å². The number of para-hydroxylation sites is 1. The molecule has 1 fully saturated rings. The summed E-state index contributed by atoms with van der Waals surface area (Å²) in [7, 11) is 0. The molecule has 3 N–H and O–H groups in total. The van der Waals surface area contributed by atoms with Crippen molar-refractivity contribution in [3.63, 3.8) is 0 Å². The fraction of sp³-hybridized carbons (Fsp3) is 0.423. The van der Waals surface area contributed by atoms with E-state index >= 15 is 0 Å². The normalized spacial score (nSPS) is 15.9. The number of urea groups is 1. The molecule has 1 aliphatic heterocycles. The van der Waals surface area contributed by atoms with E-state index in [4.69, 9.17) is 0 Å². The van der Waals surface area contributed by atoms with Crippen molar-refractivity contribution in [1.82, 2.24) is 15.1 Å². The van der Waals surface area contributed by atoms with E-state index in [9.17, 15) is 14.4 Å². The molecule has 4 amide bonds. The van der Waals surface area contributed by atoms with E-state index in [1.54, 1.807) is 29.2 Å². The van der Waals surface area contributed by atoms with Crippen LogP contribution in [-0.2, 0) is 4.79 Å². The summed E-state index contributed by atoms with van der Waals surface area (Å²) in [6.45, 7) is 6.69. The lowest BCUT2D eigenvalue weighted by atomic mass is 10.0. The largest absolute Gasteiger partial charge is 0.339 e. The molecular weight excluding hydrogens is 430 g/mol. The van der Waals surface area contributed by atoms with Crippen molar-refractivity contribution in [2.45, 2.75) is 39.2 Å². The van der Waals surface area contributed by atoms with Crippen LogP contribution in [0.25, 0.3) is 0 Å². The van der Waals surface area contributed by atoms with Gasteiger partial charge in [0.1, 0.15) is 0 Å². The van der Waals surface area contributed by atoms with Crippen molar-refractivity contribution in [1.29, 1.82) is 0 Å². The van der Waals surface area contributed by atoms with Crippen molar-refractivity contribution in [2.75, 3.05) is 43.4 Å². The van der Waals surface area contributed by atoms with E-state index in [2.05, 4.69) is 20.9 Å². The summed E-state index contributed by atoms with van der Waals surface area (Å²) >= 11 is 0. The fourth-order valence-electron chi connectivity index (χ4n) is 4.21. The van der Waals surface area contributed by atoms with Crippen LogP contribution in [-0.4, -0.2) is 66.4 Å². The van der Waals surface area contributed by atoms with Crippen LogP contribution >= 0.6 is 0 Å². The minimum atomic E-state index is -0.254. The Bertz CT molecular complexity index is 962. The lowest BCUT2D eigenvalue weighted by molar-refractivity contribution is -0.118. The summed E-state index contributed by atoms with van der Waals surface area (Å²) in [5, 5.41) is 8.68. The predicted molar refractivity (Wildman–Crippen MR) is 135 cm³/mol. The fourth-order valence-corrected chi connectivity index (χ4v) is 4.21. The number of carbonyl (C=O) groups is 3. The molecule has 1 saturated heterocycles. The van der Waals surface area contributed by atoms with E-state index in [0.29, 0.717) is 30.9 Å². The Morgan fingerprint density at radius 2 is 1.68 bits per heavy atom. The molecule has 1 atom stereocenters. The highest BCUT2D eigenvalue weighted by atomic mass is 16.2. The molecule has 2 aromatic rings. The molecule has 0 saturated carbocycles. The van der Waals surface area contributed by atoms with Gasteiger partial charge in [-0.05, 0) is 63.6 Å². The van der Waals surface area contributed by atoms with Crippen LogP contribution < -0.4 is 16.0 Å². The highest BCUT2D eigenvalue weighted by Crippen LogP contribution is 2.18. The van der Waals surface area contributed by atoms with Gasteiger partial charge in [0.05, 0.1) is 6.54 Å². The number of carbonyl (C=O) groups excluding carboxylic acids is 3. The number of likely N-dealkylation sites (tertiary alicyclic amines) is 1. The molecule has 1 aliphatic rings. The zero-order chi connectivity index (χ0) is 24.3. The third-order valence-electron chi connectivity index (χ3n) is 6.07. The van der Waals surface area contributed by atoms with Gasteiger partial charge in [0.2, 0.25) is 5.91 Å². The van der Waals surface area contributed by atoms with Crippen LogP contribution in [0.2, 0.25) is 0 Å². The zero-order valence-electron chi connectivity index (χ0n) is 20.0. The molecule has 1 unspecified atom stereocenters. The molecule has 0 bridgehead atoms. The summed E-state index contributed by atoms with van der Waals surface area (Å²) in [6.07, 6.45) is 3.01.